The molecule has 0 bridgehead atoms. The fourth-order valence-corrected chi connectivity index (χ4v) is 1.27. The van der Waals surface area contributed by atoms with Crippen molar-refractivity contribution in [1.29, 1.82) is 0 Å². The summed E-state index contributed by atoms with van der Waals surface area (Å²) in [5.41, 5.74) is 1.73. The highest BCUT2D eigenvalue weighted by Gasteiger charge is 1.98. The smallest absolute Gasteiger partial charge is 0.0696 e. The van der Waals surface area contributed by atoms with E-state index in [1.807, 2.05) is 24.3 Å². The van der Waals surface area contributed by atoms with E-state index >= 15 is 0 Å². The molecule has 0 aromatic heterocycles. The van der Waals surface area contributed by atoms with Gasteiger partial charge in [-0.1, -0.05) is 29.8 Å². The SMILES string of the molecule is OCc1cc(C=CCCl)ccc1Cl. The minimum atomic E-state index is -0.0403. The lowest BCUT2D eigenvalue weighted by Crippen LogP contribution is -1.85. The van der Waals surface area contributed by atoms with E-state index in [2.05, 4.69) is 0 Å². The van der Waals surface area contributed by atoms with Gasteiger partial charge in [-0.15, -0.1) is 11.6 Å². The zero-order valence-corrected chi connectivity index (χ0v) is 8.52. The predicted molar refractivity (Wildman–Crippen MR) is 57.1 cm³/mol. The zero-order chi connectivity index (χ0) is 9.68. The molecule has 0 amide bonds. The highest BCUT2D eigenvalue weighted by Crippen LogP contribution is 2.18. The second-order valence-electron chi connectivity index (χ2n) is 2.57. The van der Waals surface area contributed by atoms with Crippen LogP contribution in [0.25, 0.3) is 6.08 Å². The average Bonchev–Trinajstić information content (AvgIpc) is 2.16. The van der Waals surface area contributed by atoms with Crippen LogP contribution >= 0.6 is 23.2 Å². The third kappa shape index (κ3) is 3.03. The lowest BCUT2D eigenvalue weighted by Gasteiger charge is -2.01. The maximum atomic E-state index is 8.93. The molecule has 0 unspecified atom stereocenters. The van der Waals surface area contributed by atoms with Gasteiger partial charge in [0.25, 0.3) is 0 Å². The van der Waals surface area contributed by atoms with E-state index in [4.69, 9.17) is 28.3 Å². The highest BCUT2D eigenvalue weighted by atomic mass is 35.5. The van der Waals surface area contributed by atoms with Crippen molar-refractivity contribution < 1.29 is 5.11 Å². The van der Waals surface area contributed by atoms with Gasteiger partial charge in [0, 0.05) is 10.9 Å². The lowest BCUT2D eigenvalue weighted by molar-refractivity contribution is 0.282. The van der Waals surface area contributed by atoms with Gasteiger partial charge >= 0.3 is 0 Å². The summed E-state index contributed by atoms with van der Waals surface area (Å²) in [6.07, 6.45) is 3.73. The van der Waals surface area contributed by atoms with E-state index in [1.165, 1.54) is 0 Å². The molecule has 0 radical (unpaired) electrons. The van der Waals surface area contributed by atoms with Crippen molar-refractivity contribution in [2.24, 2.45) is 0 Å². The van der Waals surface area contributed by atoms with Crippen molar-refractivity contribution in [3.05, 3.63) is 40.4 Å². The molecular formula is C10H10Cl2O. The number of benzene rings is 1. The van der Waals surface area contributed by atoms with Crippen LogP contribution in [-0.2, 0) is 6.61 Å². The van der Waals surface area contributed by atoms with E-state index < -0.39 is 0 Å². The Balaban J connectivity index is 2.92. The number of hydrogen-bond acceptors (Lipinski definition) is 1. The molecule has 1 nitrogen and oxygen atoms in total. The summed E-state index contributed by atoms with van der Waals surface area (Å²) < 4.78 is 0. The Kier molecular flexibility index (Phi) is 4.29. The molecule has 0 atom stereocenters. The Morgan fingerprint density at radius 2 is 2.15 bits per heavy atom. The Morgan fingerprint density at radius 1 is 1.38 bits per heavy atom. The van der Waals surface area contributed by atoms with Gasteiger partial charge in [-0.2, -0.15) is 0 Å². The summed E-state index contributed by atoms with van der Waals surface area (Å²) in [6, 6.07) is 5.48. The van der Waals surface area contributed by atoms with Crippen molar-refractivity contribution in [2.45, 2.75) is 6.61 Å². The van der Waals surface area contributed by atoms with Gasteiger partial charge in [0.2, 0.25) is 0 Å². The quantitative estimate of drug-likeness (QED) is 0.771. The molecule has 0 aliphatic heterocycles. The van der Waals surface area contributed by atoms with Crippen molar-refractivity contribution >= 4 is 29.3 Å². The van der Waals surface area contributed by atoms with Gasteiger partial charge in [-0.3, -0.25) is 0 Å². The van der Waals surface area contributed by atoms with Crippen LogP contribution in [0.3, 0.4) is 0 Å². The van der Waals surface area contributed by atoms with Gasteiger partial charge in [-0.05, 0) is 23.3 Å². The first-order valence-corrected chi connectivity index (χ1v) is 4.81. The summed E-state index contributed by atoms with van der Waals surface area (Å²) >= 11 is 11.3. The number of halogens is 2. The largest absolute Gasteiger partial charge is 0.392 e. The van der Waals surface area contributed by atoms with Gasteiger partial charge < -0.3 is 5.11 Å². The maximum absolute atomic E-state index is 8.93. The van der Waals surface area contributed by atoms with Crippen LogP contribution in [0.4, 0.5) is 0 Å². The van der Waals surface area contributed by atoms with Crippen LogP contribution in [0.2, 0.25) is 5.02 Å². The van der Waals surface area contributed by atoms with Crippen LogP contribution in [0.15, 0.2) is 24.3 Å². The summed E-state index contributed by atoms with van der Waals surface area (Å²) in [7, 11) is 0. The third-order valence-electron chi connectivity index (χ3n) is 1.64. The summed E-state index contributed by atoms with van der Waals surface area (Å²) in [6.45, 7) is -0.0403. The van der Waals surface area contributed by atoms with E-state index in [9.17, 15) is 0 Å². The fraction of sp³-hybridized carbons (Fsp3) is 0.200. The molecule has 0 aliphatic carbocycles. The molecule has 70 valence electrons. The van der Waals surface area contributed by atoms with E-state index in [1.54, 1.807) is 6.07 Å². The Bertz CT molecular complexity index is 308. The molecule has 0 spiro atoms. The van der Waals surface area contributed by atoms with Gasteiger partial charge in [0.1, 0.15) is 0 Å². The molecule has 0 fully saturated rings. The van der Waals surface area contributed by atoms with E-state index in [0.717, 1.165) is 11.1 Å². The third-order valence-corrected chi connectivity index (χ3v) is 2.19. The van der Waals surface area contributed by atoms with Crippen molar-refractivity contribution in [2.75, 3.05) is 5.88 Å². The highest BCUT2D eigenvalue weighted by molar-refractivity contribution is 6.31. The Hall–Kier alpha value is -0.500. The fourth-order valence-electron chi connectivity index (χ4n) is 1.00. The summed E-state index contributed by atoms with van der Waals surface area (Å²) in [5, 5.41) is 9.52. The predicted octanol–water partition coefficient (Wildman–Crippen LogP) is 3.08. The van der Waals surface area contributed by atoms with Crippen molar-refractivity contribution in [3.63, 3.8) is 0 Å². The molecule has 0 saturated carbocycles. The first kappa shape index (κ1) is 10.6. The molecule has 0 saturated heterocycles. The van der Waals surface area contributed by atoms with Crippen LogP contribution in [-0.4, -0.2) is 11.0 Å². The van der Waals surface area contributed by atoms with Gasteiger partial charge in [-0.25, -0.2) is 0 Å². The van der Waals surface area contributed by atoms with Crippen LogP contribution < -0.4 is 0 Å². The molecule has 1 rings (SSSR count). The van der Waals surface area contributed by atoms with Crippen LogP contribution in [0, 0.1) is 0 Å². The molecule has 1 aromatic rings. The summed E-state index contributed by atoms with van der Waals surface area (Å²) in [4.78, 5) is 0. The van der Waals surface area contributed by atoms with E-state index in [-0.39, 0.29) is 6.61 Å². The second kappa shape index (κ2) is 5.28. The number of rotatable bonds is 3. The Morgan fingerprint density at radius 3 is 2.77 bits per heavy atom. The molecule has 0 heterocycles. The first-order valence-electron chi connectivity index (χ1n) is 3.89. The van der Waals surface area contributed by atoms with E-state index in [0.29, 0.717) is 10.9 Å². The normalized spacial score (nSPS) is 11.0. The standard InChI is InChI=1S/C10H10Cl2O/c11-5-1-2-8-3-4-10(12)9(6-8)7-13/h1-4,6,13H,5,7H2. The number of aliphatic hydroxyl groups excluding tert-OH is 1. The van der Waals surface area contributed by atoms with Crippen LogP contribution in [0.5, 0.6) is 0 Å². The molecule has 1 N–H and O–H groups in total. The molecule has 13 heavy (non-hydrogen) atoms. The van der Waals surface area contributed by atoms with Crippen molar-refractivity contribution in [3.8, 4) is 0 Å². The zero-order valence-electron chi connectivity index (χ0n) is 7.00. The summed E-state index contributed by atoms with van der Waals surface area (Å²) in [5.74, 6) is 0.483. The van der Waals surface area contributed by atoms with Gasteiger partial charge in [0.15, 0.2) is 0 Å². The van der Waals surface area contributed by atoms with Crippen LogP contribution in [0.1, 0.15) is 11.1 Å². The first-order chi connectivity index (χ1) is 6.27. The molecule has 0 aliphatic rings. The topological polar surface area (TPSA) is 20.2 Å². The minimum Gasteiger partial charge on any atom is -0.392 e. The second-order valence-corrected chi connectivity index (χ2v) is 3.28. The van der Waals surface area contributed by atoms with Crippen molar-refractivity contribution in [1.82, 2.24) is 0 Å². The Labute approximate surface area is 87.6 Å². The minimum absolute atomic E-state index is 0.0403. The number of allylic oxidation sites excluding steroid dienone is 1. The average molecular weight is 217 g/mol. The maximum Gasteiger partial charge on any atom is 0.0696 e. The number of alkyl halides is 1. The molecular weight excluding hydrogens is 207 g/mol. The lowest BCUT2D eigenvalue weighted by atomic mass is 10.1. The number of hydrogen-bond donors (Lipinski definition) is 1. The monoisotopic (exact) mass is 216 g/mol. The number of aliphatic hydroxyl groups is 1. The van der Waals surface area contributed by atoms with Gasteiger partial charge in [0.05, 0.1) is 6.61 Å². The molecule has 3 heteroatoms. The molecule has 1 aromatic carbocycles.